The van der Waals surface area contributed by atoms with Gasteiger partial charge in [-0.3, -0.25) is 9.69 Å². The Balaban J connectivity index is 1.24. The summed E-state index contributed by atoms with van der Waals surface area (Å²) in [6.07, 6.45) is 2.90. The van der Waals surface area contributed by atoms with Crippen LogP contribution in [-0.2, 0) is 4.79 Å². The number of rotatable bonds is 5. The first kappa shape index (κ1) is 20.5. The maximum Gasteiger partial charge on any atom is 0.238 e. The van der Waals surface area contributed by atoms with Gasteiger partial charge in [0.25, 0.3) is 0 Å². The summed E-state index contributed by atoms with van der Waals surface area (Å²) in [5, 5.41) is 2.97. The van der Waals surface area contributed by atoms with Gasteiger partial charge in [0.05, 0.1) is 19.8 Å². The SMILES string of the molecule is Cc1ccc(OC2CCN(CC(=O)Nc3ccc4c(c3)OCCCO4)CC2)cc1C. The number of fused-ring (bicyclic) bond motifs is 1. The standard InChI is InChI=1S/C24H30N2O4/c1-17-4-6-21(14-18(17)2)30-20-8-10-26(11-9-20)16-24(27)25-19-5-7-22-23(15-19)29-13-3-12-28-22/h4-7,14-15,20H,3,8-13,16H2,1-2H3,(H,25,27). The molecule has 0 aromatic heterocycles. The Kier molecular flexibility index (Phi) is 6.43. The van der Waals surface area contributed by atoms with Crippen molar-refractivity contribution >= 4 is 11.6 Å². The topological polar surface area (TPSA) is 60.0 Å². The van der Waals surface area contributed by atoms with Crippen LogP contribution in [0.3, 0.4) is 0 Å². The monoisotopic (exact) mass is 410 g/mol. The molecule has 2 aliphatic rings. The fourth-order valence-electron chi connectivity index (χ4n) is 3.81. The molecule has 160 valence electrons. The number of carbonyl (C=O) groups excluding carboxylic acids is 1. The maximum absolute atomic E-state index is 12.5. The first-order valence-corrected chi connectivity index (χ1v) is 10.7. The highest BCUT2D eigenvalue weighted by Gasteiger charge is 2.22. The molecule has 0 aliphatic carbocycles. The molecule has 6 nitrogen and oxygen atoms in total. The molecule has 1 fully saturated rings. The largest absolute Gasteiger partial charge is 0.490 e. The molecule has 4 rings (SSSR count). The maximum atomic E-state index is 12.5. The summed E-state index contributed by atoms with van der Waals surface area (Å²) in [7, 11) is 0. The minimum absolute atomic E-state index is 0.0157. The van der Waals surface area contributed by atoms with E-state index in [-0.39, 0.29) is 12.0 Å². The number of ether oxygens (including phenoxy) is 3. The summed E-state index contributed by atoms with van der Waals surface area (Å²) >= 11 is 0. The van der Waals surface area contributed by atoms with E-state index in [0.717, 1.165) is 49.5 Å². The van der Waals surface area contributed by atoms with E-state index in [0.29, 0.717) is 25.5 Å². The van der Waals surface area contributed by atoms with Crippen molar-refractivity contribution in [3.63, 3.8) is 0 Å². The molecule has 0 saturated carbocycles. The number of amides is 1. The first-order chi connectivity index (χ1) is 14.6. The number of hydrogen-bond donors (Lipinski definition) is 1. The molecule has 0 spiro atoms. The van der Waals surface area contributed by atoms with E-state index in [2.05, 4.69) is 36.2 Å². The number of likely N-dealkylation sites (tertiary alicyclic amines) is 1. The van der Waals surface area contributed by atoms with Gasteiger partial charge in [0.1, 0.15) is 11.9 Å². The Hall–Kier alpha value is -2.73. The van der Waals surface area contributed by atoms with Crippen molar-refractivity contribution in [2.24, 2.45) is 0 Å². The van der Waals surface area contributed by atoms with E-state index in [1.54, 1.807) is 0 Å². The van der Waals surface area contributed by atoms with Crippen molar-refractivity contribution in [2.75, 3.05) is 38.2 Å². The van der Waals surface area contributed by atoms with Crippen LogP contribution in [-0.4, -0.2) is 49.8 Å². The van der Waals surface area contributed by atoms with Gasteiger partial charge in [-0.2, -0.15) is 0 Å². The van der Waals surface area contributed by atoms with E-state index < -0.39 is 0 Å². The highest BCUT2D eigenvalue weighted by atomic mass is 16.5. The van der Waals surface area contributed by atoms with Crippen LogP contribution in [0.5, 0.6) is 17.2 Å². The molecule has 0 atom stereocenters. The fraction of sp³-hybridized carbons (Fsp3) is 0.458. The first-order valence-electron chi connectivity index (χ1n) is 10.7. The van der Waals surface area contributed by atoms with Crippen molar-refractivity contribution in [3.05, 3.63) is 47.5 Å². The van der Waals surface area contributed by atoms with Crippen LogP contribution in [0.2, 0.25) is 0 Å². The van der Waals surface area contributed by atoms with E-state index >= 15 is 0 Å². The number of nitrogens with zero attached hydrogens (tertiary/aromatic N) is 1. The van der Waals surface area contributed by atoms with Crippen molar-refractivity contribution in [1.82, 2.24) is 4.90 Å². The third-order valence-corrected chi connectivity index (χ3v) is 5.71. The normalized spacial score (nSPS) is 17.3. The van der Waals surface area contributed by atoms with E-state index in [4.69, 9.17) is 14.2 Å². The van der Waals surface area contributed by atoms with Crippen molar-refractivity contribution in [1.29, 1.82) is 0 Å². The average molecular weight is 411 g/mol. The molecule has 0 bridgehead atoms. The Morgan fingerprint density at radius 1 is 1.03 bits per heavy atom. The quantitative estimate of drug-likeness (QED) is 0.809. The zero-order chi connectivity index (χ0) is 20.9. The predicted molar refractivity (Wildman–Crippen MR) is 117 cm³/mol. The fourth-order valence-corrected chi connectivity index (χ4v) is 3.81. The molecule has 2 aromatic rings. The molecular weight excluding hydrogens is 380 g/mol. The van der Waals surface area contributed by atoms with Gasteiger partial charge in [-0.25, -0.2) is 0 Å². The van der Waals surface area contributed by atoms with E-state index in [1.807, 2.05) is 24.3 Å². The average Bonchev–Trinajstić information content (AvgIpc) is 2.97. The van der Waals surface area contributed by atoms with Crippen LogP contribution in [0.4, 0.5) is 5.69 Å². The van der Waals surface area contributed by atoms with Crippen LogP contribution in [0.1, 0.15) is 30.4 Å². The summed E-state index contributed by atoms with van der Waals surface area (Å²) in [6, 6.07) is 11.8. The summed E-state index contributed by atoms with van der Waals surface area (Å²) in [5.41, 5.74) is 3.25. The lowest BCUT2D eigenvalue weighted by Crippen LogP contribution is -2.42. The van der Waals surface area contributed by atoms with E-state index in [1.165, 1.54) is 11.1 Å². The summed E-state index contributed by atoms with van der Waals surface area (Å²) in [6.45, 7) is 7.58. The third-order valence-electron chi connectivity index (χ3n) is 5.71. The van der Waals surface area contributed by atoms with Crippen molar-refractivity contribution < 1.29 is 19.0 Å². The Labute approximate surface area is 178 Å². The van der Waals surface area contributed by atoms with Gasteiger partial charge in [-0.15, -0.1) is 0 Å². The third kappa shape index (κ3) is 5.25. The molecule has 2 aliphatic heterocycles. The van der Waals surface area contributed by atoms with Crippen LogP contribution in [0.15, 0.2) is 36.4 Å². The Morgan fingerprint density at radius 3 is 2.57 bits per heavy atom. The summed E-state index contributed by atoms with van der Waals surface area (Å²) in [4.78, 5) is 14.7. The Morgan fingerprint density at radius 2 is 1.80 bits per heavy atom. The number of nitrogens with one attached hydrogen (secondary N) is 1. The zero-order valence-corrected chi connectivity index (χ0v) is 17.8. The molecular formula is C24H30N2O4. The molecule has 2 aromatic carbocycles. The lowest BCUT2D eigenvalue weighted by molar-refractivity contribution is -0.117. The number of anilines is 1. The lowest BCUT2D eigenvalue weighted by atomic mass is 10.1. The molecule has 0 radical (unpaired) electrons. The van der Waals surface area contributed by atoms with Crippen LogP contribution in [0.25, 0.3) is 0 Å². The van der Waals surface area contributed by atoms with E-state index in [9.17, 15) is 4.79 Å². The van der Waals surface area contributed by atoms with Crippen LogP contribution < -0.4 is 19.5 Å². The van der Waals surface area contributed by atoms with Gasteiger partial charge in [0.2, 0.25) is 5.91 Å². The van der Waals surface area contributed by atoms with Gasteiger partial charge in [-0.05, 0) is 62.1 Å². The highest BCUT2D eigenvalue weighted by Crippen LogP contribution is 2.32. The van der Waals surface area contributed by atoms with Gasteiger partial charge < -0.3 is 19.5 Å². The van der Waals surface area contributed by atoms with Gasteiger partial charge in [0.15, 0.2) is 11.5 Å². The van der Waals surface area contributed by atoms with Gasteiger partial charge >= 0.3 is 0 Å². The molecule has 6 heteroatoms. The second-order valence-electron chi connectivity index (χ2n) is 8.10. The number of piperidine rings is 1. The summed E-state index contributed by atoms with van der Waals surface area (Å²) < 4.78 is 17.5. The Bertz CT molecular complexity index is 891. The number of hydrogen-bond acceptors (Lipinski definition) is 5. The second-order valence-corrected chi connectivity index (χ2v) is 8.10. The lowest BCUT2D eigenvalue weighted by Gasteiger charge is -2.31. The zero-order valence-electron chi connectivity index (χ0n) is 17.8. The predicted octanol–water partition coefficient (Wildman–Crippen LogP) is 3.95. The van der Waals surface area contributed by atoms with Crippen LogP contribution in [0, 0.1) is 13.8 Å². The molecule has 0 unspecified atom stereocenters. The van der Waals surface area contributed by atoms with Crippen molar-refractivity contribution in [2.45, 2.75) is 39.2 Å². The molecule has 1 saturated heterocycles. The summed E-state index contributed by atoms with van der Waals surface area (Å²) in [5.74, 6) is 2.34. The minimum Gasteiger partial charge on any atom is -0.490 e. The number of benzene rings is 2. The minimum atomic E-state index is -0.0157. The second kappa shape index (κ2) is 9.39. The molecule has 1 N–H and O–H groups in total. The smallest absolute Gasteiger partial charge is 0.238 e. The van der Waals surface area contributed by atoms with Gasteiger partial charge in [-0.1, -0.05) is 6.07 Å². The molecule has 2 heterocycles. The van der Waals surface area contributed by atoms with Crippen LogP contribution >= 0.6 is 0 Å². The number of carbonyl (C=O) groups is 1. The highest BCUT2D eigenvalue weighted by molar-refractivity contribution is 5.92. The van der Waals surface area contributed by atoms with Crippen molar-refractivity contribution in [3.8, 4) is 17.2 Å². The molecule has 30 heavy (non-hydrogen) atoms. The van der Waals surface area contributed by atoms with Gasteiger partial charge in [0, 0.05) is 31.3 Å². The number of aryl methyl sites for hydroxylation is 2. The molecule has 1 amide bonds.